The van der Waals surface area contributed by atoms with Crippen molar-refractivity contribution in [3.63, 3.8) is 0 Å². The molecule has 0 aromatic carbocycles. The summed E-state index contributed by atoms with van der Waals surface area (Å²) in [5.74, 6) is 1.07. The molecule has 0 spiro atoms. The molecule has 1 saturated carbocycles. The highest BCUT2D eigenvalue weighted by Crippen LogP contribution is 2.28. The summed E-state index contributed by atoms with van der Waals surface area (Å²) in [5, 5.41) is 2.99. The Labute approximate surface area is 99.2 Å². The first-order chi connectivity index (χ1) is 7.77. The molecule has 1 fully saturated rings. The van der Waals surface area contributed by atoms with E-state index < -0.39 is 0 Å². The molecule has 0 radical (unpaired) electrons. The van der Waals surface area contributed by atoms with Crippen molar-refractivity contribution in [2.24, 2.45) is 17.6 Å². The van der Waals surface area contributed by atoms with Crippen LogP contribution < -0.4 is 11.1 Å². The third-order valence-electron chi connectivity index (χ3n) is 3.71. The molecular weight excluding hydrogens is 200 g/mol. The number of rotatable bonds is 7. The quantitative estimate of drug-likeness (QED) is 0.653. The van der Waals surface area contributed by atoms with E-state index in [0.29, 0.717) is 6.54 Å². The standard InChI is InChI=1S/C13H26N2O/c1-2-12(10-14)13(16)15-9-5-8-11-6-3-4-7-11/h11-12H,2-10,14H2,1H3,(H,15,16). The fourth-order valence-corrected chi connectivity index (χ4v) is 2.50. The third-order valence-corrected chi connectivity index (χ3v) is 3.71. The fourth-order valence-electron chi connectivity index (χ4n) is 2.50. The molecule has 3 heteroatoms. The molecule has 1 atom stereocenters. The molecule has 0 heterocycles. The van der Waals surface area contributed by atoms with Crippen LogP contribution in [-0.2, 0) is 4.79 Å². The van der Waals surface area contributed by atoms with E-state index in [1.807, 2.05) is 6.92 Å². The number of nitrogens with one attached hydrogen (secondary N) is 1. The highest BCUT2D eigenvalue weighted by molar-refractivity contribution is 5.78. The zero-order valence-corrected chi connectivity index (χ0v) is 10.5. The Morgan fingerprint density at radius 3 is 2.69 bits per heavy atom. The minimum Gasteiger partial charge on any atom is -0.356 e. The lowest BCUT2D eigenvalue weighted by molar-refractivity contribution is -0.124. The van der Waals surface area contributed by atoms with Gasteiger partial charge in [-0.1, -0.05) is 32.6 Å². The number of hydrogen-bond donors (Lipinski definition) is 2. The third kappa shape index (κ3) is 4.52. The van der Waals surface area contributed by atoms with E-state index in [1.54, 1.807) is 0 Å². The molecule has 0 aliphatic heterocycles. The van der Waals surface area contributed by atoms with Crippen LogP contribution in [-0.4, -0.2) is 19.0 Å². The molecule has 1 aliphatic rings. The Morgan fingerprint density at radius 1 is 1.44 bits per heavy atom. The number of carbonyl (C=O) groups is 1. The van der Waals surface area contributed by atoms with Gasteiger partial charge in [-0.15, -0.1) is 0 Å². The lowest BCUT2D eigenvalue weighted by Gasteiger charge is -2.13. The van der Waals surface area contributed by atoms with Crippen LogP contribution in [0.25, 0.3) is 0 Å². The van der Waals surface area contributed by atoms with Gasteiger partial charge in [0.15, 0.2) is 0 Å². The Bertz CT molecular complexity index is 196. The van der Waals surface area contributed by atoms with Crippen molar-refractivity contribution in [1.82, 2.24) is 5.32 Å². The number of carbonyl (C=O) groups excluding carboxylic acids is 1. The summed E-state index contributed by atoms with van der Waals surface area (Å²) in [4.78, 5) is 11.6. The first-order valence-corrected chi connectivity index (χ1v) is 6.75. The maximum Gasteiger partial charge on any atom is 0.224 e. The molecule has 3 nitrogen and oxygen atoms in total. The molecule has 0 aromatic heterocycles. The number of amides is 1. The SMILES string of the molecule is CCC(CN)C(=O)NCCCC1CCCC1. The van der Waals surface area contributed by atoms with Crippen molar-refractivity contribution in [2.75, 3.05) is 13.1 Å². The lowest BCUT2D eigenvalue weighted by Crippen LogP contribution is -2.35. The molecule has 94 valence electrons. The maximum absolute atomic E-state index is 11.6. The van der Waals surface area contributed by atoms with Crippen molar-refractivity contribution in [2.45, 2.75) is 51.9 Å². The van der Waals surface area contributed by atoms with Crippen LogP contribution in [0.1, 0.15) is 51.9 Å². The highest BCUT2D eigenvalue weighted by atomic mass is 16.1. The van der Waals surface area contributed by atoms with Gasteiger partial charge in [-0.2, -0.15) is 0 Å². The summed E-state index contributed by atoms with van der Waals surface area (Å²) in [6.07, 6.45) is 8.84. The minimum absolute atomic E-state index is 0.00600. The fraction of sp³-hybridized carbons (Fsp3) is 0.923. The monoisotopic (exact) mass is 226 g/mol. The summed E-state index contributed by atoms with van der Waals surface area (Å²) in [5.41, 5.74) is 5.53. The summed E-state index contributed by atoms with van der Waals surface area (Å²) < 4.78 is 0. The Hall–Kier alpha value is -0.570. The second-order valence-electron chi connectivity index (χ2n) is 4.92. The van der Waals surface area contributed by atoms with Gasteiger partial charge in [-0.3, -0.25) is 4.79 Å². The molecule has 1 aliphatic carbocycles. The van der Waals surface area contributed by atoms with Crippen LogP contribution in [0, 0.1) is 11.8 Å². The summed E-state index contributed by atoms with van der Waals surface area (Å²) in [6, 6.07) is 0. The molecule has 0 aromatic rings. The van der Waals surface area contributed by atoms with Crippen LogP contribution in [0.2, 0.25) is 0 Å². The summed E-state index contributed by atoms with van der Waals surface area (Å²) in [6.45, 7) is 3.30. The predicted octanol–water partition coefficient (Wildman–Crippen LogP) is 2.06. The summed E-state index contributed by atoms with van der Waals surface area (Å²) in [7, 11) is 0. The van der Waals surface area contributed by atoms with Gasteiger partial charge in [0.2, 0.25) is 5.91 Å². The van der Waals surface area contributed by atoms with Crippen LogP contribution in [0.3, 0.4) is 0 Å². The minimum atomic E-state index is 0.00600. The molecule has 0 bridgehead atoms. The normalized spacial score (nSPS) is 18.6. The molecule has 3 N–H and O–H groups in total. The maximum atomic E-state index is 11.6. The van der Waals surface area contributed by atoms with Gasteiger partial charge in [0.05, 0.1) is 0 Å². The lowest BCUT2D eigenvalue weighted by atomic mass is 10.0. The van der Waals surface area contributed by atoms with Crippen molar-refractivity contribution < 1.29 is 4.79 Å². The second-order valence-corrected chi connectivity index (χ2v) is 4.92. The average Bonchev–Trinajstić information content (AvgIpc) is 2.79. The largest absolute Gasteiger partial charge is 0.356 e. The van der Waals surface area contributed by atoms with Crippen LogP contribution in [0.5, 0.6) is 0 Å². The first kappa shape index (κ1) is 13.5. The summed E-state index contributed by atoms with van der Waals surface area (Å²) >= 11 is 0. The molecule has 1 amide bonds. The van der Waals surface area contributed by atoms with E-state index in [9.17, 15) is 4.79 Å². The zero-order valence-electron chi connectivity index (χ0n) is 10.5. The molecule has 1 unspecified atom stereocenters. The number of hydrogen-bond acceptors (Lipinski definition) is 2. The Morgan fingerprint density at radius 2 is 2.12 bits per heavy atom. The van der Waals surface area contributed by atoms with Crippen molar-refractivity contribution >= 4 is 5.91 Å². The molecule has 0 saturated heterocycles. The van der Waals surface area contributed by atoms with E-state index in [0.717, 1.165) is 25.3 Å². The average molecular weight is 226 g/mol. The van der Waals surface area contributed by atoms with Gasteiger partial charge >= 0.3 is 0 Å². The van der Waals surface area contributed by atoms with Gasteiger partial charge in [-0.25, -0.2) is 0 Å². The smallest absolute Gasteiger partial charge is 0.224 e. The predicted molar refractivity (Wildman–Crippen MR) is 67.0 cm³/mol. The van der Waals surface area contributed by atoms with E-state index in [4.69, 9.17) is 5.73 Å². The molecule has 16 heavy (non-hydrogen) atoms. The van der Waals surface area contributed by atoms with E-state index >= 15 is 0 Å². The van der Waals surface area contributed by atoms with Crippen molar-refractivity contribution in [3.8, 4) is 0 Å². The van der Waals surface area contributed by atoms with E-state index in [-0.39, 0.29) is 11.8 Å². The Balaban J connectivity index is 2.03. The first-order valence-electron chi connectivity index (χ1n) is 6.75. The van der Waals surface area contributed by atoms with Gasteiger partial charge in [0.25, 0.3) is 0 Å². The molecular formula is C13H26N2O. The zero-order chi connectivity index (χ0) is 11.8. The van der Waals surface area contributed by atoms with Crippen LogP contribution in [0.4, 0.5) is 0 Å². The van der Waals surface area contributed by atoms with Crippen molar-refractivity contribution in [1.29, 1.82) is 0 Å². The van der Waals surface area contributed by atoms with Gasteiger partial charge in [-0.05, 0) is 25.2 Å². The van der Waals surface area contributed by atoms with Crippen molar-refractivity contribution in [3.05, 3.63) is 0 Å². The molecule has 1 rings (SSSR count). The second kappa shape index (κ2) is 7.66. The van der Waals surface area contributed by atoms with Gasteiger partial charge in [0.1, 0.15) is 0 Å². The highest BCUT2D eigenvalue weighted by Gasteiger charge is 2.15. The topological polar surface area (TPSA) is 55.1 Å². The van der Waals surface area contributed by atoms with E-state index in [2.05, 4.69) is 5.32 Å². The van der Waals surface area contributed by atoms with Gasteiger partial charge < -0.3 is 11.1 Å². The van der Waals surface area contributed by atoms with Crippen LogP contribution >= 0.6 is 0 Å². The Kier molecular flexibility index (Phi) is 6.46. The van der Waals surface area contributed by atoms with E-state index in [1.165, 1.54) is 32.1 Å². The van der Waals surface area contributed by atoms with Gasteiger partial charge in [0, 0.05) is 19.0 Å². The van der Waals surface area contributed by atoms with Crippen LogP contribution in [0.15, 0.2) is 0 Å². The number of nitrogens with two attached hydrogens (primary N) is 1.